The lowest BCUT2D eigenvalue weighted by atomic mass is 10.0. The number of amides is 2. The topological polar surface area (TPSA) is 117 Å². The first kappa shape index (κ1) is 32.7. The van der Waals surface area contributed by atoms with Gasteiger partial charge in [0.1, 0.15) is 0 Å². The Kier molecular flexibility index (Phi) is 9.39. The van der Waals surface area contributed by atoms with Gasteiger partial charge in [-0.25, -0.2) is 8.42 Å². The third-order valence-electron chi connectivity index (χ3n) is 8.09. The van der Waals surface area contributed by atoms with Gasteiger partial charge in [0.15, 0.2) is 11.0 Å². The zero-order chi connectivity index (χ0) is 33.2. The summed E-state index contributed by atoms with van der Waals surface area (Å²) in [5.41, 5.74) is 1.35. The molecule has 1 aromatic heterocycles. The summed E-state index contributed by atoms with van der Waals surface area (Å²) in [7, 11) is -3.65. The molecule has 1 fully saturated rings. The Morgan fingerprint density at radius 1 is 0.894 bits per heavy atom. The largest absolute Gasteiger partial charge is 0.416 e. The molecule has 0 atom stereocenters. The number of fused-ring (bicyclic) bond motifs is 1. The predicted molar refractivity (Wildman–Crippen MR) is 170 cm³/mol. The van der Waals surface area contributed by atoms with Gasteiger partial charge >= 0.3 is 6.18 Å². The lowest BCUT2D eigenvalue weighted by Gasteiger charge is -2.29. The van der Waals surface area contributed by atoms with Gasteiger partial charge in [-0.1, -0.05) is 36.0 Å². The molecule has 0 aliphatic carbocycles. The number of anilines is 1. The van der Waals surface area contributed by atoms with Crippen molar-refractivity contribution in [1.29, 1.82) is 0 Å². The summed E-state index contributed by atoms with van der Waals surface area (Å²) in [4.78, 5) is 28.1. The van der Waals surface area contributed by atoms with E-state index in [1.165, 1.54) is 45.3 Å². The quantitative estimate of drug-likeness (QED) is 0.245. The molecular formula is C32H31F3N6O4S2. The summed E-state index contributed by atoms with van der Waals surface area (Å²) < 4.78 is 69.4. The maximum atomic E-state index is 13.6. The van der Waals surface area contributed by atoms with Crippen molar-refractivity contribution in [2.24, 2.45) is 0 Å². The van der Waals surface area contributed by atoms with E-state index in [2.05, 4.69) is 15.5 Å². The lowest BCUT2D eigenvalue weighted by Crippen LogP contribution is -2.36. The number of aryl methyl sites for hydroxylation is 1. The fourth-order valence-electron chi connectivity index (χ4n) is 5.70. The van der Waals surface area contributed by atoms with Crippen molar-refractivity contribution < 1.29 is 31.2 Å². The van der Waals surface area contributed by atoms with Crippen molar-refractivity contribution in [1.82, 2.24) is 24.4 Å². The van der Waals surface area contributed by atoms with E-state index < -0.39 is 27.7 Å². The lowest BCUT2D eigenvalue weighted by molar-refractivity contribution is -0.137. The van der Waals surface area contributed by atoms with Gasteiger partial charge in [0.2, 0.25) is 15.9 Å². The minimum atomic E-state index is -4.60. The van der Waals surface area contributed by atoms with E-state index in [1.807, 2.05) is 24.3 Å². The van der Waals surface area contributed by atoms with Crippen LogP contribution in [-0.4, -0.2) is 64.7 Å². The van der Waals surface area contributed by atoms with Crippen molar-refractivity contribution in [2.45, 2.75) is 48.5 Å². The van der Waals surface area contributed by atoms with E-state index in [4.69, 9.17) is 0 Å². The van der Waals surface area contributed by atoms with Crippen LogP contribution in [0.1, 0.15) is 46.6 Å². The Bertz CT molecular complexity index is 1890. The van der Waals surface area contributed by atoms with Gasteiger partial charge in [-0.15, -0.1) is 10.2 Å². The van der Waals surface area contributed by atoms with Gasteiger partial charge in [-0.3, -0.25) is 14.2 Å². The van der Waals surface area contributed by atoms with Crippen LogP contribution in [0.3, 0.4) is 0 Å². The Balaban J connectivity index is 1.21. The number of rotatable bonds is 9. The van der Waals surface area contributed by atoms with Crippen LogP contribution in [0.2, 0.25) is 0 Å². The molecule has 0 radical (unpaired) electrons. The minimum absolute atomic E-state index is 0.0372. The molecule has 1 saturated heterocycles. The average molecular weight is 685 g/mol. The van der Waals surface area contributed by atoms with E-state index in [0.717, 1.165) is 60.8 Å². The Hall–Kier alpha value is -4.21. The first-order valence-corrected chi connectivity index (χ1v) is 17.5. The van der Waals surface area contributed by atoms with Crippen LogP contribution in [0.5, 0.6) is 0 Å². The first-order chi connectivity index (χ1) is 22.5. The number of benzene rings is 3. The molecule has 1 N–H and O–H groups in total. The van der Waals surface area contributed by atoms with Gasteiger partial charge in [0.25, 0.3) is 5.91 Å². The third kappa shape index (κ3) is 7.06. The summed E-state index contributed by atoms with van der Waals surface area (Å²) in [5.74, 6) is -0.610. The van der Waals surface area contributed by atoms with E-state index >= 15 is 0 Å². The van der Waals surface area contributed by atoms with Gasteiger partial charge in [-0.05, 0) is 79.8 Å². The van der Waals surface area contributed by atoms with E-state index in [9.17, 15) is 31.2 Å². The predicted octanol–water partition coefficient (Wildman–Crippen LogP) is 5.07. The Labute approximate surface area is 274 Å². The van der Waals surface area contributed by atoms with E-state index in [1.54, 1.807) is 4.90 Å². The van der Waals surface area contributed by atoms with E-state index in [0.29, 0.717) is 19.6 Å². The van der Waals surface area contributed by atoms with E-state index in [-0.39, 0.29) is 45.3 Å². The van der Waals surface area contributed by atoms with Crippen LogP contribution in [0.4, 0.5) is 18.9 Å². The van der Waals surface area contributed by atoms with Crippen LogP contribution in [-0.2, 0) is 34.0 Å². The van der Waals surface area contributed by atoms with Gasteiger partial charge in [-0.2, -0.15) is 17.5 Å². The zero-order valence-electron chi connectivity index (χ0n) is 25.1. The molecule has 246 valence electrons. The number of nitrogens with zero attached hydrogens (tertiary/aromatic N) is 5. The molecule has 15 heteroatoms. The second-order valence-corrected chi connectivity index (χ2v) is 14.0. The van der Waals surface area contributed by atoms with Crippen molar-refractivity contribution in [2.75, 3.05) is 30.3 Å². The SMILES string of the molecule is O=C(NCc1nnc(SCC(=O)N2CCCc3ccccc32)n1-c1cccc(C(F)(F)F)c1)c1ccc(S(=O)(=O)N2CCCC2)cc1. The fourth-order valence-corrected chi connectivity index (χ4v) is 8.07. The van der Waals surface area contributed by atoms with Crippen LogP contribution >= 0.6 is 11.8 Å². The molecule has 6 rings (SSSR count). The minimum Gasteiger partial charge on any atom is -0.345 e. The molecule has 0 saturated carbocycles. The van der Waals surface area contributed by atoms with Crippen LogP contribution in [0.25, 0.3) is 5.69 Å². The second-order valence-electron chi connectivity index (χ2n) is 11.2. The maximum Gasteiger partial charge on any atom is 0.416 e. The molecule has 2 aliphatic heterocycles. The standard InChI is InChI=1S/C32H31F3N6O4S2/c33-32(34,35)24-9-5-10-25(19-24)41-28(20-36-30(43)23-12-14-26(15-13-23)47(44,45)39-16-3-4-17-39)37-38-31(41)46-21-29(42)40-18-6-8-22-7-1-2-11-27(22)40/h1-2,5,7,9-15,19H,3-4,6,8,16-18,20-21H2,(H,36,43). The number of sulfonamides is 1. The fraction of sp³-hybridized carbons (Fsp3) is 0.312. The number of thioether (sulfide) groups is 1. The van der Waals surface area contributed by atoms with Gasteiger partial charge < -0.3 is 10.2 Å². The average Bonchev–Trinajstić information content (AvgIpc) is 3.77. The zero-order valence-corrected chi connectivity index (χ0v) is 26.7. The number of carbonyl (C=O) groups is 2. The number of para-hydroxylation sites is 1. The number of alkyl halides is 3. The molecule has 3 aromatic carbocycles. The van der Waals surface area contributed by atoms with Gasteiger partial charge in [0, 0.05) is 30.9 Å². The maximum absolute atomic E-state index is 13.6. The van der Waals surface area contributed by atoms with Gasteiger partial charge in [0.05, 0.1) is 28.4 Å². The third-order valence-corrected chi connectivity index (χ3v) is 10.9. The number of hydrogen-bond acceptors (Lipinski definition) is 7. The molecule has 3 heterocycles. The highest BCUT2D eigenvalue weighted by Gasteiger charge is 2.31. The summed E-state index contributed by atoms with van der Waals surface area (Å²) in [6.07, 6.45) is -1.32. The number of aromatic nitrogens is 3. The summed E-state index contributed by atoms with van der Waals surface area (Å²) >= 11 is 1.04. The van der Waals surface area contributed by atoms with Crippen LogP contribution in [0, 0.1) is 0 Å². The first-order valence-electron chi connectivity index (χ1n) is 15.0. The Morgan fingerprint density at radius 2 is 1.64 bits per heavy atom. The molecule has 0 bridgehead atoms. The molecule has 10 nitrogen and oxygen atoms in total. The molecule has 4 aromatic rings. The molecule has 2 amide bonds. The van der Waals surface area contributed by atoms with Crippen LogP contribution < -0.4 is 10.2 Å². The highest BCUT2D eigenvalue weighted by Crippen LogP contribution is 2.33. The molecule has 2 aliphatic rings. The monoisotopic (exact) mass is 684 g/mol. The molecular weight excluding hydrogens is 654 g/mol. The smallest absolute Gasteiger partial charge is 0.345 e. The highest BCUT2D eigenvalue weighted by atomic mass is 32.2. The van der Waals surface area contributed by atoms with Crippen molar-refractivity contribution in [3.63, 3.8) is 0 Å². The highest BCUT2D eigenvalue weighted by molar-refractivity contribution is 7.99. The van der Waals surface area contributed by atoms with Crippen molar-refractivity contribution in [3.8, 4) is 5.69 Å². The number of carbonyl (C=O) groups excluding carboxylic acids is 2. The van der Waals surface area contributed by atoms with Crippen LogP contribution in [0.15, 0.2) is 82.8 Å². The van der Waals surface area contributed by atoms with Crippen molar-refractivity contribution in [3.05, 3.63) is 95.3 Å². The normalized spacial score (nSPS) is 15.4. The summed E-state index contributed by atoms with van der Waals surface area (Å²) in [6, 6.07) is 17.9. The number of nitrogens with one attached hydrogen (secondary N) is 1. The second kappa shape index (κ2) is 13.5. The number of hydrogen-bond donors (Lipinski definition) is 1. The molecule has 0 unspecified atom stereocenters. The van der Waals surface area contributed by atoms with Crippen molar-refractivity contribution >= 4 is 39.3 Å². The molecule has 47 heavy (non-hydrogen) atoms. The summed E-state index contributed by atoms with van der Waals surface area (Å²) in [6.45, 7) is 1.26. The number of halogens is 3. The Morgan fingerprint density at radius 3 is 2.38 bits per heavy atom. The molecule has 0 spiro atoms. The summed E-state index contributed by atoms with van der Waals surface area (Å²) in [5, 5.41) is 11.2.